The van der Waals surface area contributed by atoms with E-state index < -0.39 is 0 Å². The highest BCUT2D eigenvalue weighted by atomic mass is 16.5. The number of amides is 1. The van der Waals surface area contributed by atoms with Crippen molar-refractivity contribution in [2.75, 3.05) is 26.2 Å². The molecule has 19 heavy (non-hydrogen) atoms. The van der Waals surface area contributed by atoms with Crippen LogP contribution in [0, 0.1) is 12.8 Å². The molecule has 1 fully saturated rings. The molecule has 4 nitrogen and oxygen atoms in total. The molecule has 1 unspecified atom stereocenters. The normalized spacial score (nSPS) is 19.3. The third kappa shape index (κ3) is 3.96. The van der Waals surface area contributed by atoms with Crippen molar-refractivity contribution in [2.45, 2.75) is 19.8 Å². The summed E-state index contributed by atoms with van der Waals surface area (Å²) in [7, 11) is 0. The van der Waals surface area contributed by atoms with Gasteiger partial charge in [0.15, 0.2) is 6.61 Å². The summed E-state index contributed by atoms with van der Waals surface area (Å²) in [6.07, 6.45) is 2.16. The topological polar surface area (TPSA) is 55.6 Å². The highest BCUT2D eigenvalue weighted by Crippen LogP contribution is 2.16. The van der Waals surface area contributed by atoms with Crippen molar-refractivity contribution < 1.29 is 9.53 Å². The van der Waals surface area contributed by atoms with Crippen LogP contribution in [0.25, 0.3) is 0 Å². The van der Waals surface area contributed by atoms with Gasteiger partial charge in [0.25, 0.3) is 5.91 Å². The van der Waals surface area contributed by atoms with E-state index in [1.54, 1.807) is 0 Å². The molecule has 1 amide bonds. The van der Waals surface area contributed by atoms with Crippen LogP contribution in [0.3, 0.4) is 0 Å². The lowest BCUT2D eigenvalue weighted by molar-refractivity contribution is -0.135. The number of nitrogens with zero attached hydrogens (tertiary/aromatic N) is 1. The highest BCUT2D eigenvalue weighted by molar-refractivity contribution is 5.77. The van der Waals surface area contributed by atoms with Crippen molar-refractivity contribution in [3.63, 3.8) is 0 Å². The first-order valence-corrected chi connectivity index (χ1v) is 6.86. The van der Waals surface area contributed by atoms with Crippen LogP contribution in [0.1, 0.15) is 18.4 Å². The molecule has 1 saturated heterocycles. The van der Waals surface area contributed by atoms with Gasteiger partial charge < -0.3 is 15.4 Å². The second-order valence-electron chi connectivity index (χ2n) is 5.19. The molecule has 104 valence electrons. The molecule has 1 aromatic carbocycles. The number of hydrogen-bond donors (Lipinski definition) is 1. The number of likely N-dealkylation sites (tertiary alicyclic amines) is 1. The maximum absolute atomic E-state index is 12.1. The Morgan fingerprint density at radius 2 is 2.16 bits per heavy atom. The van der Waals surface area contributed by atoms with E-state index in [-0.39, 0.29) is 12.5 Å². The fraction of sp³-hybridized carbons (Fsp3) is 0.533. The predicted molar refractivity (Wildman–Crippen MR) is 75.0 cm³/mol. The number of hydrogen-bond acceptors (Lipinski definition) is 3. The van der Waals surface area contributed by atoms with E-state index in [0.717, 1.165) is 31.7 Å². The van der Waals surface area contributed by atoms with Gasteiger partial charge in [0.1, 0.15) is 5.75 Å². The maximum Gasteiger partial charge on any atom is 0.260 e. The van der Waals surface area contributed by atoms with Gasteiger partial charge in [-0.2, -0.15) is 0 Å². The average molecular weight is 262 g/mol. The first kappa shape index (κ1) is 13.9. The van der Waals surface area contributed by atoms with Gasteiger partial charge in [0.05, 0.1) is 0 Å². The van der Waals surface area contributed by atoms with Gasteiger partial charge in [-0.3, -0.25) is 4.79 Å². The Morgan fingerprint density at radius 3 is 2.84 bits per heavy atom. The summed E-state index contributed by atoms with van der Waals surface area (Å²) in [6, 6.07) is 7.74. The Balaban J connectivity index is 1.82. The van der Waals surface area contributed by atoms with Gasteiger partial charge in [-0.1, -0.05) is 17.7 Å². The molecule has 1 aliphatic heterocycles. The first-order valence-electron chi connectivity index (χ1n) is 6.86. The van der Waals surface area contributed by atoms with Gasteiger partial charge in [-0.15, -0.1) is 0 Å². The lowest BCUT2D eigenvalue weighted by Gasteiger charge is -2.32. The van der Waals surface area contributed by atoms with Crippen LogP contribution < -0.4 is 10.5 Å². The molecule has 0 bridgehead atoms. The number of benzene rings is 1. The third-order valence-corrected chi connectivity index (χ3v) is 3.59. The molecule has 2 N–H and O–H groups in total. The van der Waals surface area contributed by atoms with Crippen LogP contribution in [0.2, 0.25) is 0 Å². The number of rotatable bonds is 4. The standard InChI is InChI=1S/C15H22N2O2/c1-12-4-6-14(7-5-12)19-11-15(18)17-8-2-3-13(9-16)10-17/h4-7,13H,2-3,8-11,16H2,1H3. The van der Waals surface area contributed by atoms with Crippen molar-refractivity contribution in [2.24, 2.45) is 11.7 Å². The molecule has 0 aliphatic carbocycles. The molecule has 0 spiro atoms. The summed E-state index contributed by atoms with van der Waals surface area (Å²) in [5, 5.41) is 0. The van der Waals surface area contributed by atoms with Crippen molar-refractivity contribution >= 4 is 5.91 Å². The minimum absolute atomic E-state index is 0.0544. The number of aryl methyl sites for hydroxylation is 1. The Bertz CT molecular complexity index is 417. The van der Waals surface area contributed by atoms with E-state index in [2.05, 4.69) is 0 Å². The van der Waals surface area contributed by atoms with Gasteiger partial charge in [0, 0.05) is 13.1 Å². The Morgan fingerprint density at radius 1 is 1.42 bits per heavy atom. The van der Waals surface area contributed by atoms with E-state index in [1.165, 1.54) is 5.56 Å². The van der Waals surface area contributed by atoms with Crippen molar-refractivity contribution in [3.05, 3.63) is 29.8 Å². The minimum atomic E-state index is 0.0544. The fourth-order valence-electron chi connectivity index (χ4n) is 2.35. The lowest BCUT2D eigenvalue weighted by atomic mass is 9.98. The van der Waals surface area contributed by atoms with Gasteiger partial charge in [0.2, 0.25) is 0 Å². The zero-order valence-corrected chi connectivity index (χ0v) is 11.5. The fourth-order valence-corrected chi connectivity index (χ4v) is 2.35. The van der Waals surface area contributed by atoms with E-state index >= 15 is 0 Å². The van der Waals surface area contributed by atoms with E-state index in [1.807, 2.05) is 36.1 Å². The molecule has 0 aromatic heterocycles. The smallest absolute Gasteiger partial charge is 0.260 e. The first-order chi connectivity index (χ1) is 9.19. The number of carbonyl (C=O) groups excluding carboxylic acids is 1. The number of nitrogens with two attached hydrogens (primary N) is 1. The maximum atomic E-state index is 12.1. The second-order valence-corrected chi connectivity index (χ2v) is 5.19. The van der Waals surface area contributed by atoms with Gasteiger partial charge >= 0.3 is 0 Å². The Hall–Kier alpha value is -1.55. The van der Waals surface area contributed by atoms with Crippen molar-refractivity contribution in [1.29, 1.82) is 0 Å². The molecule has 1 heterocycles. The molecule has 2 rings (SSSR count). The third-order valence-electron chi connectivity index (χ3n) is 3.59. The summed E-state index contributed by atoms with van der Waals surface area (Å²) < 4.78 is 5.52. The average Bonchev–Trinajstić information content (AvgIpc) is 2.46. The molecule has 0 radical (unpaired) electrons. The molecule has 1 aliphatic rings. The highest BCUT2D eigenvalue weighted by Gasteiger charge is 2.22. The van der Waals surface area contributed by atoms with Crippen molar-refractivity contribution in [1.82, 2.24) is 4.90 Å². The zero-order chi connectivity index (χ0) is 13.7. The van der Waals surface area contributed by atoms with E-state index in [0.29, 0.717) is 12.5 Å². The van der Waals surface area contributed by atoms with Gasteiger partial charge in [-0.05, 0) is 44.4 Å². The quantitative estimate of drug-likeness (QED) is 0.896. The number of ether oxygens (including phenoxy) is 1. The van der Waals surface area contributed by atoms with Crippen LogP contribution in [-0.4, -0.2) is 37.0 Å². The summed E-state index contributed by atoms with van der Waals surface area (Å²) >= 11 is 0. The van der Waals surface area contributed by atoms with Crippen LogP contribution in [0.5, 0.6) is 5.75 Å². The Kier molecular flexibility index (Phi) is 4.80. The summed E-state index contributed by atoms with van der Waals surface area (Å²) in [5.41, 5.74) is 6.86. The second kappa shape index (κ2) is 6.57. The molecule has 4 heteroatoms. The predicted octanol–water partition coefficient (Wildman–Crippen LogP) is 1.57. The van der Waals surface area contributed by atoms with Crippen LogP contribution in [0.4, 0.5) is 0 Å². The summed E-state index contributed by atoms with van der Waals surface area (Å²) in [6.45, 7) is 4.39. The van der Waals surface area contributed by atoms with Crippen molar-refractivity contribution in [3.8, 4) is 5.75 Å². The van der Waals surface area contributed by atoms with Gasteiger partial charge in [-0.25, -0.2) is 0 Å². The molecular formula is C15H22N2O2. The molecular weight excluding hydrogens is 240 g/mol. The Labute approximate surface area is 114 Å². The van der Waals surface area contributed by atoms with Crippen LogP contribution in [0.15, 0.2) is 24.3 Å². The monoisotopic (exact) mass is 262 g/mol. The molecule has 1 aromatic rings. The SMILES string of the molecule is Cc1ccc(OCC(=O)N2CCCC(CN)C2)cc1. The summed E-state index contributed by atoms with van der Waals surface area (Å²) in [4.78, 5) is 13.9. The van der Waals surface area contributed by atoms with Crippen LogP contribution >= 0.6 is 0 Å². The van der Waals surface area contributed by atoms with Crippen LogP contribution in [-0.2, 0) is 4.79 Å². The number of piperidine rings is 1. The molecule has 0 saturated carbocycles. The summed E-state index contributed by atoms with van der Waals surface area (Å²) in [5.74, 6) is 1.24. The van der Waals surface area contributed by atoms with E-state index in [9.17, 15) is 4.79 Å². The minimum Gasteiger partial charge on any atom is -0.484 e. The zero-order valence-electron chi connectivity index (χ0n) is 11.5. The number of carbonyl (C=O) groups is 1. The molecule has 1 atom stereocenters. The van der Waals surface area contributed by atoms with E-state index in [4.69, 9.17) is 10.5 Å². The largest absolute Gasteiger partial charge is 0.484 e. The lowest BCUT2D eigenvalue weighted by Crippen LogP contribution is -2.44.